The Hall–Kier alpha value is -2.86. The lowest BCUT2D eigenvalue weighted by Gasteiger charge is -2.23. The van der Waals surface area contributed by atoms with Gasteiger partial charge in [0.1, 0.15) is 11.9 Å². The van der Waals surface area contributed by atoms with Crippen LogP contribution in [0.5, 0.6) is 0 Å². The van der Waals surface area contributed by atoms with Gasteiger partial charge in [-0.3, -0.25) is 9.79 Å². The van der Waals surface area contributed by atoms with Gasteiger partial charge in [-0.2, -0.15) is 18.4 Å². The largest absolute Gasteiger partial charge is 0.417 e. The molecular formula is C20H15F4N3OS. The SMILES string of the molecule is CC1(C)SC(c2ccc(F)cc2)=NC1C(=O)Nc1ccc(C#N)c(C(F)(F)F)c1. The Bertz CT molecular complexity index is 1020. The lowest BCUT2D eigenvalue weighted by Crippen LogP contribution is -2.39. The predicted molar refractivity (Wildman–Crippen MR) is 103 cm³/mol. The van der Waals surface area contributed by atoms with Gasteiger partial charge in [-0.05, 0) is 56.3 Å². The van der Waals surface area contributed by atoms with Gasteiger partial charge in [0, 0.05) is 16.0 Å². The van der Waals surface area contributed by atoms with Gasteiger partial charge in [-0.1, -0.05) is 11.8 Å². The van der Waals surface area contributed by atoms with Gasteiger partial charge in [0.15, 0.2) is 0 Å². The number of halogens is 4. The van der Waals surface area contributed by atoms with Crippen LogP contribution in [0.2, 0.25) is 0 Å². The zero-order chi connectivity index (χ0) is 21.4. The highest BCUT2D eigenvalue weighted by molar-refractivity contribution is 8.15. The first-order valence-electron chi connectivity index (χ1n) is 8.46. The number of carbonyl (C=O) groups excluding carboxylic acids is 1. The van der Waals surface area contributed by atoms with Crippen LogP contribution in [-0.2, 0) is 11.0 Å². The molecule has 2 aromatic carbocycles. The number of nitrogens with one attached hydrogen (secondary N) is 1. The molecule has 2 aromatic rings. The fourth-order valence-electron chi connectivity index (χ4n) is 2.87. The van der Waals surface area contributed by atoms with Crippen LogP contribution in [-0.4, -0.2) is 21.7 Å². The summed E-state index contributed by atoms with van der Waals surface area (Å²) in [6.07, 6.45) is -4.72. The number of hydrogen-bond acceptors (Lipinski definition) is 4. The maximum absolute atomic E-state index is 13.1. The molecule has 4 nitrogen and oxygen atoms in total. The van der Waals surface area contributed by atoms with E-state index in [2.05, 4.69) is 10.3 Å². The average Bonchev–Trinajstić information content (AvgIpc) is 2.97. The first-order chi connectivity index (χ1) is 13.5. The Balaban J connectivity index is 1.86. The van der Waals surface area contributed by atoms with Gasteiger partial charge in [0.2, 0.25) is 0 Å². The minimum Gasteiger partial charge on any atom is -0.324 e. The van der Waals surface area contributed by atoms with E-state index in [0.717, 1.165) is 12.1 Å². The molecule has 0 saturated carbocycles. The normalized spacial score (nSPS) is 18.1. The molecule has 0 bridgehead atoms. The van der Waals surface area contributed by atoms with E-state index in [9.17, 15) is 22.4 Å². The van der Waals surface area contributed by atoms with E-state index in [4.69, 9.17) is 5.26 Å². The lowest BCUT2D eigenvalue weighted by atomic mass is 10.0. The molecule has 0 aliphatic carbocycles. The van der Waals surface area contributed by atoms with Crippen LogP contribution < -0.4 is 5.32 Å². The molecule has 0 saturated heterocycles. The van der Waals surface area contributed by atoms with Crippen molar-refractivity contribution in [2.75, 3.05) is 5.32 Å². The molecule has 1 unspecified atom stereocenters. The molecule has 3 rings (SSSR count). The van der Waals surface area contributed by atoms with Crippen molar-refractivity contribution in [1.82, 2.24) is 0 Å². The van der Waals surface area contributed by atoms with E-state index in [1.165, 1.54) is 36.0 Å². The van der Waals surface area contributed by atoms with Crippen LogP contribution in [0.4, 0.5) is 23.2 Å². The molecule has 9 heteroatoms. The Kier molecular flexibility index (Phi) is 5.41. The molecule has 0 fully saturated rings. The maximum atomic E-state index is 13.1. The van der Waals surface area contributed by atoms with Gasteiger partial charge < -0.3 is 5.32 Å². The Labute approximate surface area is 168 Å². The predicted octanol–water partition coefficient (Wildman–Crippen LogP) is 5.00. The van der Waals surface area contributed by atoms with Gasteiger partial charge in [0.25, 0.3) is 5.91 Å². The van der Waals surface area contributed by atoms with Gasteiger partial charge in [0.05, 0.1) is 22.2 Å². The minimum atomic E-state index is -4.72. The summed E-state index contributed by atoms with van der Waals surface area (Å²) in [5.74, 6) is -0.968. The van der Waals surface area contributed by atoms with Crippen molar-refractivity contribution >= 4 is 28.4 Å². The highest BCUT2D eigenvalue weighted by Crippen LogP contribution is 2.40. The topological polar surface area (TPSA) is 65.2 Å². The summed E-state index contributed by atoms with van der Waals surface area (Å²) >= 11 is 1.33. The zero-order valence-corrected chi connectivity index (χ0v) is 16.2. The van der Waals surface area contributed by atoms with E-state index in [1.807, 2.05) is 0 Å². The first kappa shape index (κ1) is 20.9. The standard InChI is InChI=1S/C20H15F4N3OS/c1-19(2)16(27-18(29-19)11-3-6-13(21)7-4-11)17(28)26-14-8-5-12(10-25)15(9-14)20(22,23)24/h3-9,16H,1-2H3,(H,26,28). The third-order valence-corrected chi connectivity index (χ3v) is 5.60. The number of rotatable bonds is 3. The number of thioether (sulfide) groups is 1. The number of hydrogen-bond donors (Lipinski definition) is 1. The van der Waals surface area contributed by atoms with Gasteiger partial charge in [-0.15, -0.1) is 0 Å². The third kappa shape index (κ3) is 4.43. The fraction of sp³-hybridized carbons (Fsp3) is 0.250. The zero-order valence-electron chi connectivity index (χ0n) is 15.3. The molecule has 0 radical (unpaired) electrons. The fourth-order valence-corrected chi connectivity index (χ4v) is 4.05. The molecular weight excluding hydrogens is 406 g/mol. The summed E-state index contributed by atoms with van der Waals surface area (Å²) < 4.78 is 51.9. The van der Waals surface area contributed by atoms with Crippen molar-refractivity contribution in [2.24, 2.45) is 4.99 Å². The molecule has 1 atom stereocenters. The third-order valence-electron chi connectivity index (χ3n) is 4.32. The average molecular weight is 421 g/mol. The Morgan fingerprint density at radius 3 is 2.45 bits per heavy atom. The lowest BCUT2D eigenvalue weighted by molar-refractivity contribution is -0.137. The molecule has 29 heavy (non-hydrogen) atoms. The smallest absolute Gasteiger partial charge is 0.324 e. The molecule has 1 aliphatic heterocycles. The summed E-state index contributed by atoms with van der Waals surface area (Å²) in [4.78, 5) is 17.2. The Morgan fingerprint density at radius 2 is 1.86 bits per heavy atom. The molecule has 1 amide bonds. The van der Waals surface area contributed by atoms with Gasteiger partial charge in [-0.25, -0.2) is 4.39 Å². The Morgan fingerprint density at radius 1 is 1.21 bits per heavy atom. The second kappa shape index (κ2) is 7.52. The number of benzene rings is 2. The molecule has 0 spiro atoms. The highest BCUT2D eigenvalue weighted by atomic mass is 32.2. The van der Waals surface area contributed by atoms with Gasteiger partial charge >= 0.3 is 6.18 Å². The number of carbonyl (C=O) groups is 1. The summed E-state index contributed by atoms with van der Waals surface area (Å²) in [5.41, 5.74) is -1.07. The summed E-state index contributed by atoms with van der Waals surface area (Å²) in [7, 11) is 0. The van der Waals surface area contributed by atoms with Crippen molar-refractivity contribution in [3.63, 3.8) is 0 Å². The quantitative estimate of drug-likeness (QED) is 0.710. The number of anilines is 1. The van der Waals surface area contributed by atoms with Crippen molar-refractivity contribution in [1.29, 1.82) is 5.26 Å². The number of alkyl halides is 3. The monoisotopic (exact) mass is 421 g/mol. The molecule has 1 N–H and O–H groups in total. The van der Waals surface area contributed by atoms with Crippen molar-refractivity contribution < 1.29 is 22.4 Å². The van der Waals surface area contributed by atoms with Crippen molar-refractivity contribution in [2.45, 2.75) is 30.8 Å². The van der Waals surface area contributed by atoms with E-state index in [1.54, 1.807) is 26.0 Å². The number of amides is 1. The summed E-state index contributed by atoms with van der Waals surface area (Å²) in [6.45, 7) is 3.59. The second-order valence-electron chi connectivity index (χ2n) is 6.91. The van der Waals surface area contributed by atoms with E-state index < -0.39 is 39.8 Å². The number of nitrogens with zero attached hydrogens (tertiary/aromatic N) is 2. The maximum Gasteiger partial charge on any atom is 0.417 e. The van der Waals surface area contributed by atoms with Crippen LogP contribution in [0.15, 0.2) is 47.5 Å². The number of aliphatic imine (C=N–C) groups is 1. The van der Waals surface area contributed by atoms with Crippen LogP contribution in [0.1, 0.15) is 30.5 Å². The first-order valence-corrected chi connectivity index (χ1v) is 9.28. The highest BCUT2D eigenvalue weighted by Gasteiger charge is 2.42. The minimum absolute atomic E-state index is 0.0763. The summed E-state index contributed by atoms with van der Waals surface area (Å²) in [6, 6.07) is 9.29. The summed E-state index contributed by atoms with van der Waals surface area (Å²) in [5, 5.41) is 11.9. The number of nitriles is 1. The van der Waals surface area contributed by atoms with E-state index in [0.29, 0.717) is 10.6 Å². The van der Waals surface area contributed by atoms with Crippen molar-refractivity contribution in [3.8, 4) is 6.07 Å². The van der Waals surface area contributed by atoms with Crippen LogP contribution >= 0.6 is 11.8 Å². The van der Waals surface area contributed by atoms with E-state index >= 15 is 0 Å². The van der Waals surface area contributed by atoms with Crippen LogP contribution in [0.3, 0.4) is 0 Å². The van der Waals surface area contributed by atoms with Crippen molar-refractivity contribution in [3.05, 3.63) is 65.0 Å². The molecule has 1 aliphatic rings. The second-order valence-corrected chi connectivity index (χ2v) is 8.55. The molecule has 150 valence electrons. The van der Waals surface area contributed by atoms with Crippen LogP contribution in [0, 0.1) is 17.1 Å². The van der Waals surface area contributed by atoms with E-state index in [-0.39, 0.29) is 5.69 Å². The van der Waals surface area contributed by atoms with Crippen LogP contribution in [0.25, 0.3) is 0 Å². The molecule has 1 heterocycles. The molecule has 0 aromatic heterocycles.